The van der Waals surface area contributed by atoms with Gasteiger partial charge in [0.1, 0.15) is 5.82 Å². The van der Waals surface area contributed by atoms with Crippen LogP contribution in [0.4, 0.5) is 4.39 Å². The number of halogens is 2. The Kier molecular flexibility index (Phi) is 4.56. The highest BCUT2D eigenvalue weighted by Crippen LogP contribution is 2.17. The zero-order chi connectivity index (χ0) is 13.8. The van der Waals surface area contributed by atoms with Gasteiger partial charge in [0.15, 0.2) is 0 Å². The van der Waals surface area contributed by atoms with E-state index < -0.39 is 0 Å². The molecule has 0 amide bonds. The Balaban J connectivity index is 2.00. The molecule has 0 bridgehead atoms. The number of nitrogens with one attached hydrogen (secondary N) is 1. The van der Waals surface area contributed by atoms with E-state index in [1.54, 1.807) is 0 Å². The summed E-state index contributed by atoms with van der Waals surface area (Å²) in [5.41, 5.74) is 3.47. The molecule has 0 heterocycles. The summed E-state index contributed by atoms with van der Waals surface area (Å²) in [7, 11) is 0. The molecule has 0 radical (unpaired) electrons. The molecule has 0 aromatic heterocycles. The van der Waals surface area contributed by atoms with Crippen LogP contribution < -0.4 is 5.32 Å². The molecular formula is C16H17ClFN. The smallest absolute Gasteiger partial charge is 0.123 e. The van der Waals surface area contributed by atoms with E-state index in [-0.39, 0.29) is 11.9 Å². The van der Waals surface area contributed by atoms with Crippen molar-refractivity contribution in [3.05, 3.63) is 70.0 Å². The van der Waals surface area contributed by atoms with Crippen molar-refractivity contribution in [2.75, 3.05) is 0 Å². The maximum atomic E-state index is 12.9. The van der Waals surface area contributed by atoms with Gasteiger partial charge in [-0.25, -0.2) is 4.39 Å². The number of hydrogen-bond acceptors (Lipinski definition) is 1. The molecule has 0 aliphatic rings. The monoisotopic (exact) mass is 277 g/mol. The molecule has 1 atom stereocenters. The highest BCUT2D eigenvalue weighted by Gasteiger charge is 2.06. The average Bonchev–Trinajstić information content (AvgIpc) is 2.38. The van der Waals surface area contributed by atoms with Gasteiger partial charge in [-0.3, -0.25) is 0 Å². The Labute approximate surface area is 118 Å². The molecule has 0 fully saturated rings. The Bertz CT molecular complexity index is 551. The van der Waals surface area contributed by atoms with Crippen LogP contribution in [-0.2, 0) is 6.54 Å². The van der Waals surface area contributed by atoms with Crippen molar-refractivity contribution >= 4 is 11.6 Å². The van der Waals surface area contributed by atoms with Gasteiger partial charge in [-0.15, -0.1) is 0 Å². The second kappa shape index (κ2) is 6.18. The summed E-state index contributed by atoms with van der Waals surface area (Å²) in [5, 5.41) is 4.19. The average molecular weight is 278 g/mol. The Morgan fingerprint density at radius 3 is 2.47 bits per heavy atom. The van der Waals surface area contributed by atoms with Crippen LogP contribution in [0.5, 0.6) is 0 Å². The number of rotatable bonds is 4. The predicted molar refractivity (Wildman–Crippen MR) is 77.8 cm³/mol. The van der Waals surface area contributed by atoms with Crippen LogP contribution in [0.3, 0.4) is 0 Å². The maximum absolute atomic E-state index is 12.9. The first-order valence-electron chi connectivity index (χ1n) is 6.30. The molecule has 0 saturated heterocycles. The molecule has 0 saturated carbocycles. The highest BCUT2D eigenvalue weighted by atomic mass is 35.5. The first-order chi connectivity index (χ1) is 9.06. The van der Waals surface area contributed by atoms with Gasteiger partial charge in [0, 0.05) is 17.6 Å². The summed E-state index contributed by atoms with van der Waals surface area (Å²) in [4.78, 5) is 0. The summed E-state index contributed by atoms with van der Waals surface area (Å²) in [6, 6.07) is 12.7. The lowest BCUT2D eigenvalue weighted by molar-refractivity contribution is 0.570. The van der Waals surface area contributed by atoms with Crippen molar-refractivity contribution in [3.8, 4) is 0 Å². The van der Waals surface area contributed by atoms with Crippen molar-refractivity contribution in [3.63, 3.8) is 0 Å². The van der Waals surface area contributed by atoms with Crippen LogP contribution in [0.2, 0.25) is 5.02 Å². The summed E-state index contributed by atoms with van der Waals surface area (Å²) in [6.07, 6.45) is 0. The van der Waals surface area contributed by atoms with Crippen molar-refractivity contribution < 1.29 is 4.39 Å². The van der Waals surface area contributed by atoms with Crippen molar-refractivity contribution in [1.82, 2.24) is 5.32 Å². The number of aryl methyl sites for hydroxylation is 1. The minimum atomic E-state index is -0.204. The third-order valence-electron chi connectivity index (χ3n) is 3.27. The fourth-order valence-electron chi connectivity index (χ4n) is 1.99. The lowest BCUT2D eigenvalue weighted by Gasteiger charge is -2.15. The van der Waals surface area contributed by atoms with Crippen LogP contribution in [0.25, 0.3) is 0 Å². The fourth-order valence-corrected chi connectivity index (χ4v) is 2.22. The molecule has 0 spiro atoms. The Hall–Kier alpha value is -1.38. The van der Waals surface area contributed by atoms with Crippen LogP contribution >= 0.6 is 11.6 Å². The largest absolute Gasteiger partial charge is 0.306 e. The first kappa shape index (κ1) is 14.0. The summed E-state index contributed by atoms with van der Waals surface area (Å²) in [6.45, 7) is 4.88. The second-order valence-electron chi connectivity index (χ2n) is 4.72. The third kappa shape index (κ3) is 3.79. The zero-order valence-electron chi connectivity index (χ0n) is 11.1. The van der Waals surface area contributed by atoms with E-state index in [9.17, 15) is 4.39 Å². The van der Waals surface area contributed by atoms with E-state index in [1.165, 1.54) is 23.3 Å². The van der Waals surface area contributed by atoms with Crippen LogP contribution in [0.1, 0.15) is 29.7 Å². The standard InChI is InChI=1S/C16H17ClFN/c1-11-9-15(17)6-3-14(11)10-19-12(2)13-4-7-16(18)8-5-13/h3-9,12,19H,10H2,1-2H3/t12-/m1/s1. The van der Waals surface area contributed by atoms with Crippen LogP contribution in [-0.4, -0.2) is 0 Å². The molecule has 1 nitrogen and oxygen atoms in total. The molecular weight excluding hydrogens is 261 g/mol. The van der Waals surface area contributed by atoms with Gasteiger partial charge in [0.25, 0.3) is 0 Å². The minimum Gasteiger partial charge on any atom is -0.306 e. The van der Waals surface area contributed by atoms with Gasteiger partial charge in [-0.05, 0) is 54.8 Å². The molecule has 2 aromatic carbocycles. The Morgan fingerprint density at radius 1 is 1.16 bits per heavy atom. The van der Waals surface area contributed by atoms with E-state index in [0.29, 0.717) is 0 Å². The molecule has 1 N–H and O–H groups in total. The lowest BCUT2D eigenvalue weighted by Crippen LogP contribution is -2.18. The van der Waals surface area contributed by atoms with Crippen LogP contribution in [0.15, 0.2) is 42.5 Å². The predicted octanol–water partition coefficient (Wildman–Crippen LogP) is 4.64. The summed E-state index contributed by atoms with van der Waals surface area (Å²) >= 11 is 5.93. The minimum absolute atomic E-state index is 0.177. The van der Waals surface area contributed by atoms with Gasteiger partial charge in [0.05, 0.1) is 0 Å². The first-order valence-corrected chi connectivity index (χ1v) is 6.68. The maximum Gasteiger partial charge on any atom is 0.123 e. The molecule has 0 unspecified atom stereocenters. The normalized spacial score (nSPS) is 12.4. The van der Waals surface area contributed by atoms with Gasteiger partial charge in [-0.1, -0.05) is 29.8 Å². The van der Waals surface area contributed by atoms with E-state index in [1.807, 2.05) is 37.3 Å². The molecule has 100 valence electrons. The summed E-state index contributed by atoms with van der Waals surface area (Å²) < 4.78 is 12.9. The van der Waals surface area contributed by atoms with E-state index >= 15 is 0 Å². The molecule has 0 aliphatic carbocycles. The topological polar surface area (TPSA) is 12.0 Å². The van der Waals surface area contributed by atoms with Crippen molar-refractivity contribution in [2.24, 2.45) is 0 Å². The molecule has 0 aliphatic heterocycles. The number of benzene rings is 2. The molecule has 2 aromatic rings. The zero-order valence-corrected chi connectivity index (χ0v) is 11.8. The highest BCUT2D eigenvalue weighted by molar-refractivity contribution is 6.30. The van der Waals surface area contributed by atoms with Gasteiger partial charge >= 0.3 is 0 Å². The summed E-state index contributed by atoms with van der Waals surface area (Å²) in [5.74, 6) is -0.204. The van der Waals surface area contributed by atoms with E-state index in [0.717, 1.165) is 17.1 Å². The molecule has 19 heavy (non-hydrogen) atoms. The number of hydrogen-bond donors (Lipinski definition) is 1. The third-order valence-corrected chi connectivity index (χ3v) is 3.51. The van der Waals surface area contributed by atoms with E-state index in [2.05, 4.69) is 12.2 Å². The van der Waals surface area contributed by atoms with E-state index in [4.69, 9.17) is 11.6 Å². The quantitative estimate of drug-likeness (QED) is 0.858. The van der Waals surface area contributed by atoms with Crippen molar-refractivity contribution in [2.45, 2.75) is 26.4 Å². The van der Waals surface area contributed by atoms with Gasteiger partial charge < -0.3 is 5.32 Å². The van der Waals surface area contributed by atoms with Gasteiger partial charge in [-0.2, -0.15) is 0 Å². The SMILES string of the molecule is Cc1cc(Cl)ccc1CN[C@H](C)c1ccc(F)cc1. The van der Waals surface area contributed by atoms with Crippen LogP contribution in [0, 0.1) is 12.7 Å². The van der Waals surface area contributed by atoms with Gasteiger partial charge in [0.2, 0.25) is 0 Å². The lowest BCUT2D eigenvalue weighted by atomic mass is 10.1. The molecule has 3 heteroatoms. The fraction of sp³-hybridized carbons (Fsp3) is 0.250. The Morgan fingerprint density at radius 2 is 1.84 bits per heavy atom. The van der Waals surface area contributed by atoms with Crippen molar-refractivity contribution in [1.29, 1.82) is 0 Å². The molecule has 2 rings (SSSR count). The second-order valence-corrected chi connectivity index (χ2v) is 5.16.